The fraction of sp³-hybridized carbons (Fsp3) is 0.0968. The molecule has 0 bridgehead atoms. The molecule has 6 rings (SSSR count). The number of hydrogen-bond donors (Lipinski definition) is 3. The second kappa shape index (κ2) is 12.5. The van der Waals surface area contributed by atoms with Gasteiger partial charge in [-0.05, 0) is 47.0 Å². The summed E-state index contributed by atoms with van der Waals surface area (Å²) in [6.45, 7) is 1.42. The highest BCUT2D eigenvalue weighted by molar-refractivity contribution is 5.80. The first-order valence-corrected chi connectivity index (χ1v) is 12.9. The van der Waals surface area contributed by atoms with Crippen molar-refractivity contribution in [3.05, 3.63) is 121 Å². The Bertz CT molecular complexity index is 1750. The number of fused-ring (bicyclic) bond motifs is 1. The van der Waals surface area contributed by atoms with Gasteiger partial charge in [0, 0.05) is 18.7 Å². The molecule has 42 heavy (non-hydrogen) atoms. The minimum atomic E-state index is -5.08. The average Bonchev–Trinajstić information content (AvgIpc) is 3.66. The zero-order valence-electron chi connectivity index (χ0n) is 22.1. The van der Waals surface area contributed by atoms with Gasteiger partial charge in [0.15, 0.2) is 0 Å². The van der Waals surface area contributed by atoms with Gasteiger partial charge >= 0.3 is 12.1 Å². The van der Waals surface area contributed by atoms with Crippen molar-refractivity contribution in [3.8, 4) is 28.2 Å². The molecule has 0 unspecified atom stereocenters. The molecule has 2 aromatic heterocycles. The molecule has 0 aliphatic carbocycles. The molecule has 0 radical (unpaired) electrons. The molecule has 6 aromatic rings. The van der Waals surface area contributed by atoms with Crippen LogP contribution < -0.4 is 5.32 Å². The van der Waals surface area contributed by atoms with Crippen LogP contribution in [-0.4, -0.2) is 42.2 Å². The molecule has 0 aliphatic rings. The van der Waals surface area contributed by atoms with E-state index in [9.17, 15) is 13.2 Å². The normalized spacial score (nSPS) is 11.2. The lowest BCUT2D eigenvalue weighted by Crippen LogP contribution is -2.21. The first kappa shape index (κ1) is 28.2. The number of halogens is 3. The summed E-state index contributed by atoms with van der Waals surface area (Å²) in [5.41, 5.74) is 8.54. The maximum Gasteiger partial charge on any atom is 0.490 e. The predicted octanol–water partition coefficient (Wildman–Crippen LogP) is 6.40. The van der Waals surface area contributed by atoms with Gasteiger partial charge in [-0.25, -0.2) is 9.78 Å². The van der Waals surface area contributed by atoms with E-state index in [0.717, 1.165) is 40.3 Å². The largest absolute Gasteiger partial charge is 0.490 e. The van der Waals surface area contributed by atoms with Crippen LogP contribution in [0.3, 0.4) is 0 Å². The number of rotatable bonds is 7. The van der Waals surface area contributed by atoms with Gasteiger partial charge in [0.2, 0.25) is 0 Å². The maximum absolute atomic E-state index is 10.6. The number of aliphatic carboxylic acids is 1. The number of benzene rings is 4. The van der Waals surface area contributed by atoms with Crippen LogP contribution in [-0.2, 0) is 17.9 Å². The SMILES string of the molecule is O=C(O)C(F)(F)F.c1ccc(-n2ncc(CNCc3ccc(-c4cccc(-c5nc6ccccc6[nH]5)c4)cc3)n2)cc1. The van der Waals surface area contributed by atoms with Gasteiger partial charge in [0.25, 0.3) is 0 Å². The van der Waals surface area contributed by atoms with Crippen molar-refractivity contribution >= 4 is 17.0 Å². The van der Waals surface area contributed by atoms with E-state index in [-0.39, 0.29) is 0 Å². The summed E-state index contributed by atoms with van der Waals surface area (Å²) >= 11 is 0. The molecule has 0 spiro atoms. The number of para-hydroxylation sites is 3. The standard InChI is InChI=1S/C29H24N6.C2HF3O2/c1-2-9-26(10-3-1)35-31-20-25(34-35)19-30-18-21-13-15-22(16-14-21)23-7-6-8-24(17-23)29-32-27-11-4-5-12-28(27)33-29;3-2(4,5)1(6)7/h1-17,20,30H,18-19H2,(H,32,33);(H,6,7). The predicted molar refractivity (Wildman–Crippen MR) is 153 cm³/mol. The van der Waals surface area contributed by atoms with Gasteiger partial charge in [0.05, 0.1) is 28.6 Å². The summed E-state index contributed by atoms with van der Waals surface area (Å²) in [6.07, 6.45) is -3.28. The third-order valence-corrected chi connectivity index (χ3v) is 6.22. The first-order valence-electron chi connectivity index (χ1n) is 12.9. The molecule has 11 heteroatoms. The van der Waals surface area contributed by atoms with Gasteiger partial charge in [-0.3, -0.25) is 0 Å². The summed E-state index contributed by atoms with van der Waals surface area (Å²) in [7, 11) is 0. The minimum absolute atomic E-state index is 0.661. The third kappa shape index (κ3) is 7.07. The Morgan fingerprint density at radius 2 is 1.52 bits per heavy atom. The second-order valence-electron chi connectivity index (χ2n) is 9.25. The molecule has 0 aliphatic heterocycles. The van der Waals surface area contributed by atoms with Crippen LogP contribution in [0.15, 0.2) is 109 Å². The molecule has 0 amide bonds. The highest BCUT2D eigenvalue weighted by Gasteiger charge is 2.38. The maximum atomic E-state index is 10.6. The molecule has 0 atom stereocenters. The molecule has 0 saturated heterocycles. The number of hydrogen-bond acceptors (Lipinski definition) is 5. The molecule has 2 heterocycles. The number of nitrogens with zero attached hydrogens (tertiary/aromatic N) is 4. The van der Waals surface area contributed by atoms with Crippen LogP contribution in [0.1, 0.15) is 11.3 Å². The van der Waals surface area contributed by atoms with Gasteiger partial charge in [-0.15, -0.1) is 0 Å². The van der Waals surface area contributed by atoms with Crippen molar-refractivity contribution in [2.45, 2.75) is 19.3 Å². The van der Waals surface area contributed by atoms with E-state index in [1.807, 2.05) is 54.6 Å². The number of alkyl halides is 3. The summed E-state index contributed by atoms with van der Waals surface area (Å²) in [5, 5.41) is 19.5. The summed E-state index contributed by atoms with van der Waals surface area (Å²) in [4.78, 5) is 18.7. The lowest BCUT2D eigenvalue weighted by atomic mass is 10.0. The van der Waals surface area contributed by atoms with Crippen molar-refractivity contribution < 1.29 is 23.1 Å². The van der Waals surface area contributed by atoms with Gasteiger partial charge in [-0.1, -0.05) is 72.8 Å². The molecule has 0 fully saturated rings. The van der Waals surface area contributed by atoms with Gasteiger partial charge < -0.3 is 15.4 Å². The first-order chi connectivity index (χ1) is 20.3. The quantitative estimate of drug-likeness (QED) is 0.205. The fourth-order valence-corrected chi connectivity index (χ4v) is 4.15. The van der Waals surface area contributed by atoms with Gasteiger partial charge in [-0.2, -0.15) is 28.2 Å². The number of nitrogens with one attached hydrogen (secondary N) is 2. The fourth-order valence-electron chi connectivity index (χ4n) is 4.15. The monoisotopic (exact) mass is 570 g/mol. The number of carbonyl (C=O) groups is 1. The number of H-pyrrole nitrogens is 1. The highest BCUT2D eigenvalue weighted by Crippen LogP contribution is 2.26. The molecule has 212 valence electrons. The number of aromatic nitrogens is 5. The molecular formula is C31H25F3N6O2. The Kier molecular flexibility index (Phi) is 8.39. The van der Waals surface area contributed by atoms with E-state index >= 15 is 0 Å². The highest BCUT2D eigenvalue weighted by atomic mass is 19.4. The zero-order chi connectivity index (χ0) is 29.5. The Morgan fingerprint density at radius 1 is 0.833 bits per heavy atom. The summed E-state index contributed by atoms with van der Waals surface area (Å²) < 4.78 is 31.7. The average molecular weight is 571 g/mol. The van der Waals surface area contributed by atoms with E-state index in [0.29, 0.717) is 6.54 Å². The molecule has 4 aromatic carbocycles. The Morgan fingerprint density at radius 3 is 2.24 bits per heavy atom. The topological polar surface area (TPSA) is 109 Å². The van der Waals surface area contributed by atoms with Crippen LogP contribution in [0.5, 0.6) is 0 Å². The number of carboxylic acid groups (broad SMARTS) is 1. The van der Waals surface area contributed by atoms with Gasteiger partial charge in [0.1, 0.15) is 5.82 Å². The van der Waals surface area contributed by atoms with Crippen molar-refractivity contribution in [1.29, 1.82) is 0 Å². The summed E-state index contributed by atoms with van der Waals surface area (Å²) in [5.74, 6) is -1.87. The van der Waals surface area contributed by atoms with Crippen LogP contribution in [0.2, 0.25) is 0 Å². The van der Waals surface area contributed by atoms with Crippen LogP contribution in [0, 0.1) is 0 Å². The molecule has 0 saturated carbocycles. The van der Waals surface area contributed by atoms with Crippen LogP contribution in [0.4, 0.5) is 13.2 Å². The van der Waals surface area contributed by atoms with Crippen LogP contribution >= 0.6 is 0 Å². The molecule has 3 N–H and O–H groups in total. The minimum Gasteiger partial charge on any atom is -0.475 e. The molecular weight excluding hydrogens is 545 g/mol. The number of imidazole rings is 1. The third-order valence-electron chi connectivity index (χ3n) is 6.22. The second-order valence-corrected chi connectivity index (χ2v) is 9.25. The van der Waals surface area contributed by atoms with E-state index in [2.05, 4.69) is 69.0 Å². The van der Waals surface area contributed by atoms with Crippen molar-refractivity contribution in [2.75, 3.05) is 0 Å². The van der Waals surface area contributed by atoms with Crippen molar-refractivity contribution in [2.24, 2.45) is 0 Å². The lowest BCUT2D eigenvalue weighted by Gasteiger charge is -2.07. The summed E-state index contributed by atoms with van der Waals surface area (Å²) in [6, 6.07) is 35.2. The van der Waals surface area contributed by atoms with Crippen molar-refractivity contribution in [1.82, 2.24) is 30.3 Å². The van der Waals surface area contributed by atoms with E-state index in [1.54, 1.807) is 11.0 Å². The smallest absolute Gasteiger partial charge is 0.475 e. The van der Waals surface area contributed by atoms with Crippen molar-refractivity contribution in [3.63, 3.8) is 0 Å². The number of carboxylic acids is 1. The van der Waals surface area contributed by atoms with E-state index in [4.69, 9.17) is 14.9 Å². The van der Waals surface area contributed by atoms with Crippen LogP contribution in [0.25, 0.3) is 39.2 Å². The Balaban J connectivity index is 0.000000451. The Hall–Kier alpha value is -5.29. The molecule has 8 nitrogen and oxygen atoms in total. The van der Waals surface area contributed by atoms with E-state index < -0.39 is 12.1 Å². The van der Waals surface area contributed by atoms with E-state index in [1.165, 1.54) is 16.7 Å². The zero-order valence-corrected chi connectivity index (χ0v) is 22.1. The lowest BCUT2D eigenvalue weighted by molar-refractivity contribution is -0.192. The Labute approximate surface area is 238 Å². The number of aromatic amines is 1.